The smallest absolute Gasteiger partial charge is 0.873 e. The molecule has 1 rings (SSSR count). The summed E-state index contributed by atoms with van der Waals surface area (Å²) >= 11 is 0. The maximum atomic E-state index is 12.4. The largest absolute Gasteiger partial charge is 2.00 e. The Balaban J connectivity index is 0.00000441. The standard InChI is InChI=1S/C19H32O2.Ni/c1-4-7-10-12-16-14-15(11-8-5-2)17(13-9-6-3)19(21)18(16)20;/h14,20-21H,4-13H2,1-3H3;/q;+2/p-2. The Labute approximate surface area is 146 Å². The summed E-state index contributed by atoms with van der Waals surface area (Å²) in [6, 6.07) is 2.04. The molecule has 0 aromatic heterocycles. The molecule has 0 unspecified atom stereocenters. The first-order valence-electron chi connectivity index (χ1n) is 8.67. The topological polar surface area (TPSA) is 46.1 Å². The van der Waals surface area contributed by atoms with Gasteiger partial charge in [0.05, 0.1) is 0 Å². The predicted molar refractivity (Wildman–Crippen MR) is 85.8 cm³/mol. The monoisotopic (exact) mass is 348 g/mol. The van der Waals surface area contributed by atoms with Crippen LogP contribution < -0.4 is 10.2 Å². The van der Waals surface area contributed by atoms with Crippen LogP contribution in [0, 0.1) is 0 Å². The third-order valence-electron chi connectivity index (χ3n) is 4.14. The summed E-state index contributed by atoms with van der Waals surface area (Å²) in [6.45, 7) is 6.43. The van der Waals surface area contributed by atoms with Gasteiger partial charge in [0, 0.05) is 0 Å². The maximum Gasteiger partial charge on any atom is 2.00 e. The molecule has 128 valence electrons. The van der Waals surface area contributed by atoms with E-state index in [1.807, 2.05) is 6.07 Å². The molecule has 0 aliphatic heterocycles. The molecule has 0 saturated carbocycles. The zero-order valence-corrected chi connectivity index (χ0v) is 15.3. The van der Waals surface area contributed by atoms with Gasteiger partial charge in [-0.3, -0.25) is 0 Å². The van der Waals surface area contributed by atoms with Crippen LogP contribution in [-0.2, 0) is 35.8 Å². The number of unbranched alkanes of at least 4 members (excludes halogenated alkanes) is 4. The molecule has 0 aliphatic carbocycles. The molecule has 1 aromatic rings. The summed E-state index contributed by atoms with van der Waals surface area (Å²) in [7, 11) is 0. The molecule has 1 aromatic carbocycles. The Morgan fingerprint density at radius 3 is 1.82 bits per heavy atom. The van der Waals surface area contributed by atoms with E-state index in [2.05, 4.69) is 20.8 Å². The molecule has 2 nitrogen and oxygen atoms in total. The van der Waals surface area contributed by atoms with Crippen molar-refractivity contribution in [2.24, 2.45) is 0 Å². The van der Waals surface area contributed by atoms with E-state index in [-0.39, 0.29) is 28.0 Å². The van der Waals surface area contributed by atoms with E-state index in [1.165, 1.54) is 0 Å². The van der Waals surface area contributed by atoms with Crippen molar-refractivity contribution >= 4 is 0 Å². The first kappa shape index (κ1) is 21.3. The molecule has 0 atom stereocenters. The van der Waals surface area contributed by atoms with E-state index in [0.717, 1.165) is 80.9 Å². The number of hydrogen-bond acceptors (Lipinski definition) is 2. The number of hydrogen-bond donors (Lipinski definition) is 0. The van der Waals surface area contributed by atoms with Crippen LogP contribution in [0.3, 0.4) is 0 Å². The average Bonchev–Trinajstić information content (AvgIpc) is 2.49. The van der Waals surface area contributed by atoms with E-state index in [0.29, 0.717) is 0 Å². The molecule has 0 bridgehead atoms. The fourth-order valence-electron chi connectivity index (χ4n) is 2.76. The maximum absolute atomic E-state index is 12.4. The van der Waals surface area contributed by atoms with Gasteiger partial charge in [-0.2, -0.15) is 0 Å². The van der Waals surface area contributed by atoms with Crippen LogP contribution in [0.4, 0.5) is 0 Å². The predicted octanol–water partition coefficient (Wildman–Crippen LogP) is 4.25. The second kappa shape index (κ2) is 11.8. The molecular weight excluding hydrogens is 319 g/mol. The summed E-state index contributed by atoms with van der Waals surface area (Å²) in [5, 5.41) is 24.7. The number of rotatable bonds is 10. The van der Waals surface area contributed by atoms with Gasteiger partial charge < -0.3 is 10.2 Å². The van der Waals surface area contributed by atoms with Gasteiger partial charge in [0.2, 0.25) is 0 Å². The van der Waals surface area contributed by atoms with Gasteiger partial charge in [0.1, 0.15) is 0 Å². The minimum atomic E-state index is -0.238. The normalized spacial score (nSPS) is 10.5. The van der Waals surface area contributed by atoms with Crippen molar-refractivity contribution in [1.29, 1.82) is 0 Å². The van der Waals surface area contributed by atoms with E-state index in [9.17, 15) is 10.2 Å². The van der Waals surface area contributed by atoms with Crippen molar-refractivity contribution in [3.63, 3.8) is 0 Å². The Morgan fingerprint density at radius 2 is 1.23 bits per heavy atom. The Hall–Kier alpha value is -0.686. The zero-order valence-electron chi connectivity index (χ0n) is 14.3. The second-order valence-corrected chi connectivity index (χ2v) is 6.00. The molecule has 0 amide bonds. The third kappa shape index (κ3) is 6.20. The van der Waals surface area contributed by atoms with Gasteiger partial charge in [-0.15, -0.1) is 11.5 Å². The molecule has 0 aliphatic rings. The summed E-state index contributed by atoms with van der Waals surface area (Å²) in [6.07, 6.45) is 9.97. The van der Waals surface area contributed by atoms with E-state index in [1.54, 1.807) is 0 Å². The minimum absolute atomic E-state index is 0. The first-order valence-corrected chi connectivity index (χ1v) is 8.67. The molecule has 0 radical (unpaired) electrons. The third-order valence-corrected chi connectivity index (χ3v) is 4.14. The fourth-order valence-corrected chi connectivity index (χ4v) is 2.76. The summed E-state index contributed by atoms with van der Waals surface area (Å²) in [5.74, 6) is -0.457. The van der Waals surface area contributed by atoms with Gasteiger partial charge in [-0.05, 0) is 44.1 Å². The van der Waals surface area contributed by atoms with Crippen LogP contribution in [0.15, 0.2) is 6.07 Å². The number of aryl methyl sites for hydroxylation is 2. The van der Waals surface area contributed by atoms with Crippen molar-refractivity contribution in [1.82, 2.24) is 0 Å². The first-order chi connectivity index (χ1) is 10.2. The van der Waals surface area contributed by atoms with Gasteiger partial charge >= 0.3 is 16.5 Å². The molecule has 0 N–H and O–H groups in total. The SMILES string of the molecule is CCCCCc1cc(CCCC)c(CCCC)c([O-])c1[O-].[Ni+2]. The number of benzene rings is 1. The second-order valence-electron chi connectivity index (χ2n) is 6.00. The summed E-state index contributed by atoms with van der Waals surface area (Å²) in [5.41, 5.74) is 2.69. The average molecular weight is 349 g/mol. The van der Waals surface area contributed by atoms with Crippen molar-refractivity contribution in [3.05, 3.63) is 22.8 Å². The minimum Gasteiger partial charge on any atom is -0.873 e. The van der Waals surface area contributed by atoms with Crippen LogP contribution in [0.5, 0.6) is 11.5 Å². The van der Waals surface area contributed by atoms with Gasteiger partial charge in [0.15, 0.2) is 0 Å². The molecular formula is C19H30NiO2. The fraction of sp³-hybridized carbons (Fsp3) is 0.684. The van der Waals surface area contributed by atoms with E-state index in [4.69, 9.17) is 0 Å². The molecule has 0 fully saturated rings. The zero-order chi connectivity index (χ0) is 15.7. The van der Waals surface area contributed by atoms with E-state index < -0.39 is 0 Å². The van der Waals surface area contributed by atoms with Crippen LogP contribution >= 0.6 is 0 Å². The van der Waals surface area contributed by atoms with Gasteiger partial charge in [0.25, 0.3) is 0 Å². The van der Waals surface area contributed by atoms with Gasteiger partial charge in [-0.1, -0.05) is 63.6 Å². The quantitative estimate of drug-likeness (QED) is 0.468. The molecule has 0 saturated heterocycles. The van der Waals surface area contributed by atoms with Crippen LogP contribution in [-0.4, -0.2) is 0 Å². The van der Waals surface area contributed by atoms with Crippen molar-refractivity contribution in [3.8, 4) is 11.5 Å². The van der Waals surface area contributed by atoms with Crippen LogP contribution in [0.25, 0.3) is 0 Å². The van der Waals surface area contributed by atoms with Gasteiger partial charge in [-0.25, -0.2) is 0 Å². The Kier molecular flexibility index (Phi) is 11.5. The van der Waals surface area contributed by atoms with Crippen molar-refractivity contribution in [2.45, 2.75) is 85.0 Å². The van der Waals surface area contributed by atoms with Crippen LogP contribution in [0.1, 0.15) is 82.4 Å². The van der Waals surface area contributed by atoms with E-state index >= 15 is 0 Å². The molecule has 0 heterocycles. The van der Waals surface area contributed by atoms with Crippen molar-refractivity contribution < 1.29 is 26.7 Å². The summed E-state index contributed by atoms with van der Waals surface area (Å²) in [4.78, 5) is 0. The van der Waals surface area contributed by atoms with Crippen molar-refractivity contribution in [2.75, 3.05) is 0 Å². The van der Waals surface area contributed by atoms with Crippen LogP contribution in [0.2, 0.25) is 0 Å². The Bertz CT molecular complexity index is 430. The summed E-state index contributed by atoms with van der Waals surface area (Å²) < 4.78 is 0. The molecule has 3 heteroatoms. The molecule has 0 spiro atoms. The Morgan fingerprint density at radius 1 is 0.682 bits per heavy atom. The molecule has 22 heavy (non-hydrogen) atoms.